The van der Waals surface area contributed by atoms with E-state index >= 15 is 0 Å². The molecular formula is C17H25Cl2N3OS. The number of hydrogen-bond donors (Lipinski definition) is 0. The van der Waals surface area contributed by atoms with Gasteiger partial charge in [-0.3, -0.25) is 9.69 Å². The lowest BCUT2D eigenvalue weighted by Gasteiger charge is -2.36. The predicted octanol–water partition coefficient (Wildman–Crippen LogP) is 3.20. The van der Waals surface area contributed by atoms with Crippen molar-refractivity contribution in [2.75, 3.05) is 55.8 Å². The number of carbonyl (C=O) groups is 1. The van der Waals surface area contributed by atoms with Gasteiger partial charge in [0.1, 0.15) is 0 Å². The lowest BCUT2D eigenvalue weighted by molar-refractivity contribution is -0.126. The third-order valence-corrected chi connectivity index (χ3v) is 5.70. The molecule has 24 heavy (non-hydrogen) atoms. The molecule has 134 valence electrons. The van der Waals surface area contributed by atoms with Crippen LogP contribution in [0.2, 0.25) is 5.02 Å². The van der Waals surface area contributed by atoms with Gasteiger partial charge in [0.05, 0.1) is 11.6 Å². The number of halogens is 2. The highest BCUT2D eigenvalue weighted by molar-refractivity contribution is 8.00. The van der Waals surface area contributed by atoms with Gasteiger partial charge < -0.3 is 9.80 Å². The molecule has 1 amide bonds. The molecule has 2 aliphatic heterocycles. The lowest BCUT2D eigenvalue weighted by atomic mass is 10.2. The van der Waals surface area contributed by atoms with Crippen molar-refractivity contribution in [3.63, 3.8) is 0 Å². The molecule has 0 bridgehead atoms. The van der Waals surface area contributed by atoms with Crippen molar-refractivity contribution in [3.8, 4) is 0 Å². The number of benzene rings is 1. The fraction of sp³-hybridized carbons (Fsp3) is 0.588. The summed E-state index contributed by atoms with van der Waals surface area (Å²) in [5.74, 6) is 1.87. The van der Waals surface area contributed by atoms with Crippen LogP contribution in [-0.4, -0.2) is 66.6 Å². The molecule has 0 spiro atoms. The second-order valence-electron chi connectivity index (χ2n) is 6.15. The minimum absolute atomic E-state index is 0. The first kappa shape index (κ1) is 19.7. The molecule has 2 fully saturated rings. The van der Waals surface area contributed by atoms with Gasteiger partial charge in [0.15, 0.2) is 0 Å². The Kier molecular flexibility index (Phi) is 8.01. The topological polar surface area (TPSA) is 26.8 Å². The summed E-state index contributed by atoms with van der Waals surface area (Å²) in [5.41, 5.74) is 1.22. The van der Waals surface area contributed by atoms with Crippen LogP contribution in [0.1, 0.15) is 12.8 Å². The molecular weight excluding hydrogens is 365 g/mol. The molecule has 2 heterocycles. The summed E-state index contributed by atoms with van der Waals surface area (Å²) < 4.78 is 0. The van der Waals surface area contributed by atoms with E-state index in [1.807, 2.05) is 23.1 Å². The van der Waals surface area contributed by atoms with Gasteiger partial charge in [0, 0.05) is 43.4 Å². The zero-order valence-electron chi connectivity index (χ0n) is 13.8. The van der Waals surface area contributed by atoms with E-state index in [0.29, 0.717) is 11.7 Å². The molecule has 0 aliphatic carbocycles. The fourth-order valence-electron chi connectivity index (χ4n) is 3.14. The SMILES string of the molecule is Cl.O=C1CSCN1CCCCN1CCN(c2cccc(Cl)c2)CC1. The molecule has 1 aromatic carbocycles. The van der Waals surface area contributed by atoms with Crippen molar-refractivity contribution in [1.29, 1.82) is 0 Å². The second kappa shape index (κ2) is 9.76. The number of amides is 1. The van der Waals surface area contributed by atoms with E-state index in [1.54, 1.807) is 11.8 Å². The van der Waals surface area contributed by atoms with E-state index in [0.717, 1.165) is 56.6 Å². The number of nitrogens with zero attached hydrogens (tertiary/aromatic N) is 3. The van der Waals surface area contributed by atoms with Crippen molar-refractivity contribution < 1.29 is 4.79 Å². The molecule has 1 aromatic rings. The normalized spacial score (nSPS) is 18.8. The average Bonchev–Trinajstić information content (AvgIpc) is 2.97. The number of rotatable bonds is 6. The zero-order valence-corrected chi connectivity index (χ0v) is 16.2. The van der Waals surface area contributed by atoms with Crippen molar-refractivity contribution in [2.45, 2.75) is 12.8 Å². The monoisotopic (exact) mass is 389 g/mol. The number of hydrogen-bond acceptors (Lipinski definition) is 4. The number of thioether (sulfide) groups is 1. The Balaban J connectivity index is 0.00000208. The molecule has 0 unspecified atom stereocenters. The van der Waals surface area contributed by atoms with E-state index < -0.39 is 0 Å². The molecule has 0 saturated carbocycles. The fourth-order valence-corrected chi connectivity index (χ4v) is 4.26. The van der Waals surface area contributed by atoms with Crippen LogP contribution in [-0.2, 0) is 4.79 Å². The molecule has 7 heteroatoms. The number of anilines is 1. The highest BCUT2D eigenvalue weighted by Gasteiger charge is 2.20. The third kappa shape index (κ3) is 5.45. The first-order valence-electron chi connectivity index (χ1n) is 8.31. The van der Waals surface area contributed by atoms with Crippen LogP contribution in [0.25, 0.3) is 0 Å². The number of piperazine rings is 1. The Hall–Kier alpha value is -0.620. The standard InChI is InChI=1S/C17H24ClN3OS.ClH/c18-15-4-3-5-16(12-15)20-10-8-19(9-11-20)6-1-2-7-21-14-23-13-17(21)22;/h3-5,12H,1-2,6-11,13-14H2;1H. The molecule has 0 atom stereocenters. The molecule has 2 saturated heterocycles. The van der Waals surface area contributed by atoms with Crippen LogP contribution >= 0.6 is 35.8 Å². The summed E-state index contributed by atoms with van der Waals surface area (Å²) in [6, 6.07) is 8.11. The maximum Gasteiger partial charge on any atom is 0.233 e. The summed E-state index contributed by atoms with van der Waals surface area (Å²) in [4.78, 5) is 18.5. The number of unbranched alkanes of at least 4 members (excludes halogenated alkanes) is 1. The Morgan fingerprint density at radius 3 is 2.50 bits per heavy atom. The van der Waals surface area contributed by atoms with Crippen LogP contribution in [0.15, 0.2) is 24.3 Å². The first-order chi connectivity index (χ1) is 11.2. The van der Waals surface area contributed by atoms with Crippen molar-refractivity contribution >= 4 is 47.4 Å². The maximum absolute atomic E-state index is 11.5. The van der Waals surface area contributed by atoms with Gasteiger partial charge in [-0.2, -0.15) is 0 Å². The summed E-state index contributed by atoms with van der Waals surface area (Å²) in [5, 5.41) is 0.805. The first-order valence-corrected chi connectivity index (χ1v) is 9.84. The van der Waals surface area contributed by atoms with E-state index in [4.69, 9.17) is 11.6 Å². The van der Waals surface area contributed by atoms with Crippen molar-refractivity contribution in [3.05, 3.63) is 29.3 Å². The number of carbonyl (C=O) groups excluding carboxylic acids is 1. The Morgan fingerprint density at radius 1 is 1.08 bits per heavy atom. The second-order valence-corrected chi connectivity index (χ2v) is 7.54. The van der Waals surface area contributed by atoms with Crippen LogP contribution in [0, 0.1) is 0 Å². The van der Waals surface area contributed by atoms with Crippen LogP contribution in [0.5, 0.6) is 0 Å². The largest absolute Gasteiger partial charge is 0.369 e. The maximum atomic E-state index is 11.5. The van der Waals surface area contributed by atoms with Crippen molar-refractivity contribution in [1.82, 2.24) is 9.80 Å². The Morgan fingerprint density at radius 2 is 1.83 bits per heavy atom. The highest BCUT2D eigenvalue weighted by Crippen LogP contribution is 2.21. The smallest absolute Gasteiger partial charge is 0.233 e. The van der Waals surface area contributed by atoms with Gasteiger partial charge in [0.25, 0.3) is 0 Å². The van der Waals surface area contributed by atoms with Crippen LogP contribution in [0.4, 0.5) is 5.69 Å². The predicted molar refractivity (Wildman–Crippen MR) is 106 cm³/mol. The summed E-state index contributed by atoms with van der Waals surface area (Å²) in [7, 11) is 0. The summed E-state index contributed by atoms with van der Waals surface area (Å²) >= 11 is 7.80. The molecule has 2 aliphatic rings. The molecule has 4 nitrogen and oxygen atoms in total. The van der Waals surface area contributed by atoms with Gasteiger partial charge >= 0.3 is 0 Å². The quantitative estimate of drug-likeness (QED) is 0.697. The summed E-state index contributed by atoms with van der Waals surface area (Å²) in [6.07, 6.45) is 2.28. The van der Waals surface area contributed by atoms with E-state index in [-0.39, 0.29) is 12.4 Å². The molecule has 3 rings (SSSR count). The van der Waals surface area contributed by atoms with Gasteiger partial charge in [-0.25, -0.2) is 0 Å². The van der Waals surface area contributed by atoms with E-state index in [1.165, 1.54) is 12.1 Å². The molecule has 0 N–H and O–H groups in total. The Bertz CT molecular complexity index is 538. The average molecular weight is 390 g/mol. The van der Waals surface area contributed by atoms with Crippen LogP contribution < -0.4 is 4.90 Å². The van der Waals surface area contributed by atoms with Gasteiger partial charge in [-0.05, 0) is 37.6 Å². The minimum atomic E-state index is 0. The van der Waals surface area contributed by atoms with Gasteiger partial charge in [-0.15, -0.1) is 24.2 Å². The van der Waals surface area contributed by atoms with E-state index in [2.05, 4.69) is 15.9 Å². The summed E-state index contributed by atoms with van der Waals surface area (Å²) in [6.45, 7) is 6.38. The minimum Gasteiger partial charge on any atom is -0.369 e. The lowest BCUT2D eigenvalue weighted by Crippen LogP contribution is -2.46. The molecule has 0 aromatic heterocycles. The van der Waals surface area contributed by atoms with E-state index in [9.17, 15) is 4.79 Å². The highest BCUT2D eigenvalue weighted by atomic mass is 35.5. The molecule has 0 radical (unpaired) electrons. The van der Waals surface area contributed by atoms with Crippen molar-refractivity contribution in [2.24, 2.45) is 0 Å². The van der Waals surface area contributed by atoms with Gasteiger partial charge in [-0.1, -0.05) is 17.7 Å². The van der Waals surface area contributed by atoms with Crippen LogP contribution in [0.3, 0.4) is 0 Å². The third-order valence-electron chi connectivity index (χ3n) is 4.52. The van der Waals surface area contributed by atoms with Gasteiger partial charge in [0.2, 0.25) is 5.91 Å². The Labute approximate surface area is 159 Å². The zero-order chi connectivity index (χ0) is 16.1.